The highest BCUT2D eigenvalue weighted by molar-refractivity contribution is 6.13. The monoisotopic (exact) mass is 642 g/mol. The Morgan fingerprint density at radius 1 is 0.640 bits per heavy atom. The van der Waals surface area contributed by atoms with Gasteiger partial charge < -0.3 is 5.32 Å². The summed E-state index contributed by atoms with van der Waals surface area (Å²) < 4.78 is 0. The van der Waals surface area contributed by atoms with Crippen LogP contribution in [0.3, 0.4) is 0 Å². The molecule has 1 fully saturated rings. The zero-order valence-electron chi connectivity index (χ0n) is 27.9. The molecule has 5 aliphatic carbocycles. The van der Waals surface area contributed by atoms with Crippen molar-refractivity contribution in [1.82, 2.24) is 5.32 Å². The fourth-order valence-electron chi connectivity index (χ4n) is 10.5. The van der Waals surface area contributed by atoms with Crippen molar-refractivity contribution in [2.45, 2.75) is 24.4 Å². The quantitative estimate of drug-likeness (QED) is 0.236. The van der Waals surface area contributed by atoms with Gasteiger partial charge in [0.15, 0.2) is 0 Å². The van der Waals surface area contributed by atoms with E-state index in [1.54, 1.807) is 5.56 Å². The minimum Gasteiger partial charge on any atom is -0.376 e. The number of aliphatic imine (C=N–C) groups is 1. The van der Waals surface area contributed by atoms with Crippen LogP contribution in [0.15, 0.2) is 174 Å². The van der Waals surface area contributed by atoms with Crippen LogP contribution in [0.1, 0.15) is 35.1 Å². The standard InChI is InChI=1S/C48H38N2/c1-3-11-29(12-4-1)42-37-24-22-34(41-25-23-32-21-20-31-16-10-26-49-47(31)48(32)50-41)28-39(37)43(30-13-5-2-6-14-30)45-38-19-9-18-36-35-17-8-7-15-33(35)27-40(44(36)38)46(42)45/h1-26,28,31,33,35-36,40-41,44,47,50H,27H2/t31-,33-,35?,36?,40+,41?,44+,47?/m1/s1. The van der Waals surface area contributed by atoms with Gasteiger partial charge in [0, 0.05) is 17.8 Å². The average molecular weight is 643 g/mol. The molecular formula is C48H38N2. The second-order valence-corrected chi connectivity index (χ2v) is 15.0. The SMILES string of the molecule is C1=CC2C3C=CC=C4c5c(c(-c6ccccc6)c6ccc(C7C=CC8=C(N7)C7N=CC=C[C@@H]7C=C8)cc6c5-c5ccccc5)[C@@H](C[C@H]2C=C1)[C@H]43. The number of fused-ring (bicyclic) bond motifs is 8. The van der Waals surface area contributed by atoms with E-state index >= 15 is 0 Å². The number of hydrogen-bond donors (Lipinski definition) is 1. The van der Waals surface area contributed by atoms with E-state index in [1.807, 2.05) is 6.21 Å². The molecule has 0 amide bonds. The fourth-order valence-corrected chi connectivity index (χ4v) is 10.5. The number of hydrogen-bond acceptors (Lipinski definition) is 2. The molecule has 0 bridgehead atoms. The van der Waals surface area contributed by atoms with E-state index in [-0.39, 0.29) is 12.1 Å². The number of benzene rings is 4. The van der Waals surface area contributed by atoms with Crippen molar-refractivity contribution in [3.63, 3.8) is 0 Å². The van der Waals surface area contributed by atoms with Crippen molar-refractivity contribution < 1.29 is 0 Å². The molecule has 4 aromatic rings. The van der Waals surface area contributed by atoms with Gasteiger partial charge in [0.2, 0.25) is 0 Å². The van der Waals surface area contributed by atoms with Crippen LogP contribution in [0.4, 0.5) is 0 Å². The molecule has 4 aromatic carbocycles. The lowest BCUT2D eigenvalue weighted by molar-refractivity contribution is 0.200. The third-order valence-electron chi connectivity index (χ3n) is 12.5. The number of dihydropyridines is 2. The smallest absolute Gasteiger partial charge is 0.0997 e. The Bertz CT molecular complexity index is 2360. The summed E-state index contributed by atoms with van der Waals surface area (Å²) in [6.07, 6.45) is 33.5. The zero-order chi connectivity index (χ0) is 32.8. The fraction of sp³-hybridized carbons (Fsp3) is 0.188. The molecule has 1 saturated carbocycles. The highest BCUT2D eigenvalue weighted by Crippen LogP contribution is 2.65. The van der Waals surface area contributed by atoms with Gasteiger partial charge in [0.1, 0.15) is 0 Å². The molecule has 0 saturated heterocycles. The van der Waals surface area contributed by atoms with Crippen molar-refractivity contribution in [2.75, 3.05) is 0 Å². The third-order valence-corrected chi connectivity index (χ3v) is 12.5. The summed E-state index contributed by atoms with van der Waals surface area (Å²) in [4.78, 5) is 4.91. The van der Waals surface area contributed by atoms with E-state index in [4.69, 9.17) is 4.99 Å². The molecule has 1 N–H and O–H groups in total. The van der Waals surface area contributed by atoms with E-state index in [9.17, 15) is 0 Å². The molecule has 2 heteroatoms. The van der Waals surface area contributed by atoms with Crippen LogP contribution in [0.25, 0.3) is 38.6 Å². The van der Waals surface area contributed by atoms with Crippen LogP contribution in [-0.4, -0.2) is 12.3 Å². The van der Waals surface area contributed by atoms with Crippen LogP contribution in [0, 0.1) is 29.6 Å². The molecule has 2 aliphatic heterocycles. The van der Waals surface area contributed by atoms with Crippen molar-refractivity contribution >= 4 is 22.6 Å². The molecule has 0 spiro atoms. The van der Waals surface area contributed by atoms with E-state index in [2.05, 4.69) is 163 Å². The molecule has 50 heavy (non-hydrogen) atoms. The molecule has 2 nitrogen and oxygen atoms in total. The maximum Gasteiger partial charge on any atom is 0.0997 e. The van der Waals surface area contributed by atoms with Gasteiger partial charge in [-0.15, -0.1) is 0 Å². The maximum atomic E-state index is 4.91. The topological polar surface area (TPSA) is 24.4 Å². The maximum absolute atomic E-state index is 4.91. The Morgan fingerprint density at radius 3 is 2.28 bits per heavy atom. The number of rotatable bonds is 3. The highest BCUT2D eigenvalue weighted by atomic mass is 15.0. The molecule has 2 heterocycles. The van der Waals surface area contributed by atoms with Crippen molar-refractivity contribution in [3.8, 4) is 22.3 Å². The molecular weight excluding hydrogens is 605 g/mol. The second-order valence-electron chi connectivity index (χ2n) is 15.0. The van der Waals surface area contributed by atoms with Gasteiger partial charge in [0.25, 0.3) is 0 Å². The Kier molecular flexibility index (Phi) is 6.25. The van der Waals surface area contributed by atoms with Crippen LogP contribution in [-0.2, 0) is 0 Å². The second kappa shape index (κ2) is 11.0. The summed E-state index contributed by atoms with van der Waals surface area (Å²) in [5, 5.41) is 6.65. The lowest BCUT2D eigenvalue weighted by Gasteiger charge is -2.44. The molecule has 240 valence electrons. The van der Waals surface area contributed by atoms with Crippen LogP contribution >= 0.6 is 0 Å². The van der Waals surface area contributed by atoms with Crippen LogP contribution in [0.2, 0.25) is 0 Å². The third kappa shape index (κ3) is 4.11. The summed E-state index contributed by atoms with van der Waals surface area (Å²) in [6.45, 7) is 0. The van der Waals surface area contributed by atoms with E-state index < -0.39 is 0 Å². The lowest BCUT2D eigenvalue weighted by Crippen LogP contribution is -2.36. The van der Waals surface area contributed by atoms with E-state index in [0.29, 0.717) is 35.5 Å². The number of nitrogens with one attached hydrogen (secondary N) is 1. The first kappa shape index (κ1) is 28.4. The summed E-state index contributed by atoms with van der Waals surface area (Å²) in [6, 6.07) is 29.9. The number of allylic oxidation sites excluding steroid dienone is 12. The Labute approximate surface area is 294 Å². The molecule has 0 radical (unpaired) electrons. The van der Waals surface area contributed by atoms with Gasteiger partial charge in [-0.1, -0.05) is 146 Å². The Hall–Kier alpha value is -5.47. The predicted molar refractivity (Wildman–Crippen MR) is 208 cm³/mol. The summed E-state index contributed by atoms with van der Waals surface area (Å²) in [5.74, 6) is 2.87. The average Bonchev–Trinajstić information content (AvgIpc) is 3.51. The largest absolute Gasteiger partial charge is 0.376 e. The lowest BCUT2D eigenvalue weighted by atomic mass is 9.59. The first-order chi connectivity index (χ1) is 24.8. The summed E-state index contributed by atoms with van der Waals surface area (Å²) in [7, 11) is 0. The molecule has 11 rings (SSSR count). The van der Waals surface area contributed by atoms with Gasteiger partial charge in [-0.05, 0) is 109 Å². The van der Waals surface area contributed by atoms with Gasteiger partial charge in [0.05, 0.1) is 12.1 Å². The van der Waals surface area contributed by atoms with E-state index in [0.717, 1.165) is 0 Å². The van der Waals surface area contributed by atoms with Gasteiger partial charge in [-0.3, -0.25) is 4.99 Å². The Balaban J connectivity index is 1.16. The highest BCUT2D eigenvalue weighted by Gasteiger charge is 2.51. The van der Waals surface area contributed by atoms with Crippen molar-refractivity contribution in [2.24, 2.45) is 34.6 Å². The minimum absolute atomic E-state index is 0.0638. The molecule has 8 atom stereocenters. The molecule has 0 aromatic heterocycles. The first-order valence-electron chi connectivity index (χ1n) is 18.4. The van der Waals surface area contributed by atoms with E-state index in [1.165, 1.54) is 67.4 Å². The van der Waals surface area contributed by atoms with Crippen molar-refractivity contribution in [3.05, 3.63) is 186 Å². The summed E-state index contributed by atoms with van der Waals surface area (Å²) >= 11 is 0. The summed E-state index contributed by atoms with van der Waals surface area (Å²) in [5.41, 5.74) is 13.8. The predicted octanol–water partition coefficient (Wildman–Crippen LogP) is 10.9. The van der Waals surface area contributed by atoms with Gasteiger partial charge in [-0.25, -0.2) is 0 Å². The normalized spacial score (nSPS) is 30.4. The molecule has 4 unspecified atom stereocenters. The minimum atomic E-state index is 0.0638. The first-order valence-corrected chi connectivity index (χ1v) is 18.4. The number of nitrogens with zero attached hydrogens (tertiary/aromatic N) is 1. The van der Waals surface area contributed by atoms with Crippen molar-refractivity contribution in [1.29, 1.82) is 0 Å². The van der Waals surface area contributed by atoms with Gasteiger partial charge in [-0.2, -0.15) is 0 Å². The van der Waals surface area contributed by atoms with Crippen LogP contribution < -0.4 is 5.32 Å². The Morgan fingerprint density at radius 2 is 1.42 bits per heavy atom. The van der Waals surface area contributed by atoms with Gasteiger partial charge >= 0.3 is 0 Å². The molecule has 7 aliphatic rings. The zero-order valence-corrected chi connectivity index (χ0v) is 27.9. The van der Waals surface area contributed by atoms with Crippen LogP contribution in [0.5, 0.6) is 0 Å².